The third kappa shape index (κ3) is 6.60. The van der Waals surface area contributed by atoms with E-state index < -0.39 is 54.5 Å². The Morgan fingerprint density at radius 1 is 0.810 bits per heavy atom. The molecule has 1 unspecified atom stereocenters. The molecule has 11 nitrogen and oxygen atoms in total. The molecular weight excluding hydrogens is 559 g/mol. The summed E-state index contributed by atoms with van der Waals surface area (Å²) in [4.78, 5) is 74.7. The van der Waals surface area contributed by atoms with E-state index in [0.717, 1.165) is 4.90 Å². The van der Waals surface area contributed by atoms with Crippen LogP contribution in [0.2, 0.25) is 0 Å². The van der Waals surface area contributed by atoms with Crippen molar-refractivity contribution in [2.45, 2.75) is 45.1 Å². The molecule has 42 heavy (non-hydrogen) atoms. The van der Waals surface area contributed by atoms with Gasteiger partial charge in [-0.3, -0.25) is 28.6 Å². The second-order valence-electron chi connectivity index (χ2n) is 10.2. The van der Waals surface area contributed by atoms with Crippen LogP contribution in [0, 0.1) is 5.92 Å². The minimum atomic E-state index is -5.39. The Morgan fingerprint density at radius 3 is 1.76 bits per heavy atom. The first-order chi connectivity index (χ1) is 19.7. The number of rotatable bonds is 11. The Bertz CT molecular complexity index is 1480. The lowest BCUT2D eigenvalue weighted by molar-refractivity contribution is -0.131. The summed E-state index contributed by atoms with van der Waals surface area (Å²) in [6.45, 7) is 6.07. The molecular formula is C30H35N4O7P. The molecule has 0 aliphatic carbocycles. The molecule has 0 aliphatic rings. The number of nitrogens with two attached hydrogens (primary N) is 1. The maximum Gasteiger partial charge on any atom is 0.360 e. The molecule has 3 aromatic rings. The third-order valence-electron chi connectivity index (χ3n) is 6.77. The quantitative estimate of drug-likeness (QED) is 0.212. The fraction of sp³-hybridized carbons (Fsp3) is 0.267. The van der Waals surface area contributed by atoms with Gasteiger partial charge in [-0.25, -0.2) is 0 Å². The smallest absolute Gasteiger partial charge is 0.360 e. The molecule has 0 bridgehead atoms. The summed E-state index contributed by atoms with van der Waals surface area (Å²) in [7, 11) is -5.39. The highest BCUT2D eigenvalue weighted by atomic mass is 31.2. The Kier molecular flexibility index (Phi) is 10.1. The fourth-order valence-electron chi connectivity index (χ4n) is 4.78. The van der Waals surface area contributed by atoms with Crippen LogP contribution >= 0.6 is 7.60 Å². The maximum atomic E-state index is 14.7. The molecule has 0 saturated heterocycles. The van der Waals surface area contributed by atoms with Crippen LogP contribution in [0.1, 0.15) is 49.2 Å². The Balaban J connectivity index is 2.38. The number of hydrogen-bond donors (Lipinski definition) is 5. The van der Waals surface area contributed by atoms with Crippen molar-refractivity contribution in [2.75, 3.05) is 4.90 Å². The van der Waals surface area contributed by atoms with Gasteiger partial charge in [-0.05, 0) is 48.2 Å². The highest BCUT2D eigenvalue weighted by Crippen LogP contribution is 2.63. The van der Waals surface area contributed by atoms with Crippen LogP contribution < -0.4 is 21.3 Å². The maximum absolute atomic E-state index is 14.7. The first-order valence-corrected chi connectivity index (χ1v) is 14.8. The summed E-state index contributed by atoms with van der Waals surface area (Å²) in [5.41, 5.74) is 5.75. The Morgan fingerprint density at radius 2 is 1.31 bits per heavy atom. The highest BCUT2D eigenvalue weighted by Gasteiger charge is 2.58. The van der Waals surface area contributed by atoms with Gasteiger partial charge in [-0.1, -0.05) is 74.5 Å². The van der Waals surface area contributed by atoms with Gasteiger partial charge >= 0.3 is 7.60 Å². The van der Waals surface area contributed by atoms with E-state index >= 15 is 0 Å². The van der Waals surface area contributed by atoms with E-state index in [9.17, 15) is 33.5 Å². The van der Waals surface area contributed by atoms with E-state index in [0.29, 0.717) is 0 Å². The zero-order valence-electron chi connectivity index (χ0n) is 23.7. The second kappa shape index (κ2) is 13.1. The van der Waals surface area contributed by atoms with Gasteiger partial charge in [0.25, 0.3) is 5.91 Å². The van der Waals surface area contributed by atoms with Crippen molar-refractivity contribution < 1.29 is 33.5 Å². The zero-order chi connectivity index (χ0) is 31.2. The summed E-state index contributed by atoms with van der Waals surface area (Å²) in [6, 6.07) is 18.9. The third-order valence-corrected chi connectivity index (χ3v) is 8.33. The van der Waals surface area contributed by atoms with Crippen LogP contribution in [0.4, 0.5) is 5.69 Å². The van der Waals surface area contributed by atoms with Gasteiger partial charge in [0.15, 0.2) is 5.28 Å². The number of anilines is 1. The average Bonchev–Trinajstić information content (AvgIpc) is 2.93. The normalized spacial score (nSPS) is 14.3. The predicted octanol–water partition coefficient (Wildman–Crippen LogP) is 2.86. The molecule has 6 N–H and O–H groups in total. The summed E-state index contributed by atoms with van der Waals surface area (Å²) in [5.74, 6) is -3.20. The number of primary amides is 1. The van der Waals surface area contributed by atoms with Crippen LogP contribution in [0.5, 0.6) is 0 Å². The molecule has 222 valence electrons. The van der Waals surface area contributed by atoms with E-state index in [-0.39, 0.29) is 22.4 Å². The van der Waals surface area contributed by atoms with Crippen LogP contribution in [0.3, 0.4) is 0 Å². The number of nitrogens with zero attached hydrogens (tertiary/aromatic N) is 1. The van der Waals surface area contributed by atoms with E-state index in [2.05, 4.69) is 10.6 Å². The van der Waals surface area contributed by atoms with Crippen molar-refractivity contribution in [2.24, 2.45) is 11.7 Å². The fourth-order valence-corrected chi connectivity index (χ4v) is 6.23. The molecule has 0 radical (unpaired) electrons. The number of para-hydroxylation sites is 1. The number of carbonyl (C=O) groups excluding carboxylic acids is 4. The van der Waals surface area contributed by atoms with Crippen molar-refractivity contribution in [1.29, 1.82) is 0 Å². The molecule has 0 aliphatic heterocycles. The number of nitrogens with one attached hydrogen (secondary N) is 2. The molecule has 4 amide bonds. The molecule has 3 atom stereocenters. The molecule has 0 spiro atoms. The van der Waals surface area contributed by atoms with E-state index in [1.165, 1.54) is 62.4 Å². The summed E-state index contributed by atoms with van der Waals surface area (Å²) < 4.78 is 13.9. The number of carbonyl (C=O) groups is 4. The second-order valence-corrected chi connectivity index (χ2v) is 11.9. The van der Waals surface area contributed by atoms with E-state index in [4.69, 9.17) is 5.73 Å². The molecule has 3 aromatic carbocycles. The molecule has 0 heterocycles. The van der Waals surface area contributed by atoms with E-state index in [1.54, 1.807) is 50.2 Å². The zero-order valence-corrected chi connectivity index (χ0v) is 24.6. The minimum absolute atomic E-state index is 0.00434. The Hall–Kier alpha value is -4.31. The summed E-state index contributed by atoms with van der Waals surface area (Å²) in [6.07, 6.45) is 0. The van der Waals surface area contributed by atoms with Crippen molar-refractivity contribution in [3.05, 3.63) is 102 Å². The van der Waals surface area contributed by atoms with Gasteiger partial charge in [0.1, 0.15) is 12.1 Å². The largest absolute Gasteiger partial charge is 0.366 e. The van der Waals surface area contributed by atoms with E-state index in [1.807, 2.05) is 0 Å². The van der Waals surface area contributed by atoms with Crippen LogP contribution in [-0.4, -0.2) is 45.5 Å². The van der Waals surface area contributed by atoms with Gasteiger partial charge in [-0.15, -0.1) is 0 Å². The van der Waals surface area contributed by atoms with Gasteiger partial charge < -0.3 is 26.2 Å². The van der Waals surface area contributed by atoms with Crippen LogP contribution in [0.15, 0.2) is 84.9 Å². The van der Waals surface area contributed by atoms with Gasteiger partial charge in [0.2, 0.25) is 17.7 Å². The van der Waals surface area contributed by atoms with Crippen molar-refractivity contribution in [1.82, 2.24) is 10.6 Å². The van der Waals surface area contributed by atoms with Gasteiger partial charge in [0.05, 0.1) is 0 Å². The predicted molar refractivity (Wildman–Crippen MR) is 158 cm³/mol. The van der Waals surface area contributed by atoms with Crippen molar-refractivity contribution in [3.8, 4) is 0 Å². The summed E-state index contributed by atoms with van der Waals surface area (Å²) >= 11 is 0. The SMILES string of the molecule is CC(=O)N[C@H](C)C(=O)N[C@@H](C(=O)N(c1ccccc1)C(c1ccccc1)(c1ccc(C(N)=O)cc1)P(=O)(O)O)C(C)C. The van der Waals surface area contributed by atoms with Gasteiger partial charge in [-0.2, -0.15) is 0 Å². The standard InChI is InChI=1S/C30H35N4O7P/c1-19(2)26(33-28(37)20(3)32-21(4)35)29(38)34(25-13-9-6-10-14-25)30(42(39,40)41,23-11-7-5-8-12-23)24-17-15-22(16-18-24)27(31)36/h5-20,26H,1-4H3,(H2,31,36)(H,32,35)(H,33,37)(H2,39,40,41)/t20-,26-,30?/m1/s1. The monoisotopic (exact) mass is 594 g/mol. The van der Waals surface area contributed by atoms with Crippen LogP contribution in [0.25, 0.3) is 0 Å². The molecule has 0 aromatic heterocycles. The molecule has 12 heteroatoms. The van der Waals surface area contributed by atoms with Crippen molar-refractivity contribution >= 4 is 36.9 Å². The molecule has 0 saturated carbocycles. The van der Waals surface area contributed by atoms with Crippen molar-refractivity contribution in [3.63, 3.8) is 0 Å². The lowest BCUT2D eigenvalue weighted by Gasteiger charge is -2.46. The number of benzene rings is 3. The molecule has 3 rings (SSSR count). The number of amides is 4. The topological polar surface area (TPSA) is 179 Å². The Labute approximate surface area is 244 Å². The lowest BCUT2D eigenvalue weighted by Crippen LogP contribution is -2.60. The summed E-state index contributed by atoms with van der Waals surface area (Å²) in [5, 5.41) is 2.69. The lowest BCUT2D eigenvalue weighted by atomic mass is 9.92. The van der Waals surface area contributed by atoms with Crippen LogP contribution in [-0.2, 0) is 24.2 Å². The first-order valence-electron chi connectivity index (χ1n) is 13.2. The minimum Gasteiger partial charge on any atom is -0.366 e. The van der Waals surface area contributed by atoms with Gasteiger partial charge in [0, 0.05) is 18.2 Å². The first kappa shape index (κ1) is 32.2. The average molecular weight is 595 g/mol. The number of hydrogen-bond acceptors (Lipinski definition) is 5. The highest BCUT2D eigenvalue weighted by molar-refractivity contribution is 7.53. The molecule has 0 fully saturated rings.